The quantitative estimate of drug-likeness (QED) is 0.652. The summed E-state index contributed by atoms with van der Waals surface area (Å²) in [4.78, 5) is 10.9. The lowest BCUT2D eigenvalue weighted by molar-refractivity contribution is 0.229. The lowest BCUT2D eigenvalue weighted by Gasteiger charge is -2.24. The maximum atomic E-state index is 4.31. The zero-order valence-electron chi connectivity index (χ0n) is 10.5. The van der Waals surface area contributed by atoms with Gasteiger partial charge in [0.05, 0.1) is 22.8 Å². The van der Waals surface area contributed by atoms with Gasteiger partial charge in [0.1, 0.15) is 0 Å². The molecule has 0 aromatic carbocycles. The van der Waals surface area contributed by atoms with Crippen LogP contribution in [0.3, 0.4) is 0 Å². The number of nitrogens with zero attached hydrogens (tertiary/aromatic N) is 3. The number of hydrogen-bond acceptors (Lipinski definition) is 3. The van der Waals surface area contributed by atoms with Crippen LogP contribution in [0.4, 0.5) is 0 Å². The molecule has 0 bridgehead atoms. The first-order valence-corrected chi connectivity index (χ1v) is 5.47. The molecule has 1 fully saturated rings. The highest BCUT2D eigenvalue weighted by molar-refractivity contribution is 5.16. The normalized spacial score (nSPS) is 15.3. The summed E-state index contributed by atoms with van der Waals surface area (Å²) >= 11 is 0. The van der Waals surface area contributed by atoms with Crippen LogP contribution in [0.2, 0.25) is 0 Å². The number of aryl methyl sites for hydroxylation is 4. The van der Waals surface area contributed by atoms with Crippen LogP contribution < -0.4 is 0 Å². The minimum Gasteiger partial charge on any atom is -0.306 e. The number of rotatable bonds is 0. The number of aromatic nitrogens is 2. The van der Waals surface area contributed by atoms with Crippen molar-refractivity contribution in [3.05, 3.63) is 22.8 Å². The van der Waals surface area contributed by atoms with Gasteiger partial charge in [0.15, 0.2) is 0 Å². The van der Waals surface area contributed by atoms with Gasteiger partial charge in [0.2, 0.25) is 0 Å². The van der Waals surface area contributed by atoms with E-state index in [9.17, 15) is 0 Å². The lowest BCUT2D eigenvalue weighted by Crippen LogP contribution is -2.32. The largest absolute Gasteiger partial charge is 0.306 e. The van der Waals surface area contributed by atoms with Crippen LogP contribution in [0, 0.1) is 27.7 Å². The Labute approximate surface area is 92.6 Å². The molecule has 3 heteroatoms. The third kappa shape index (κ3) is 3.59. The van der Waals surface area contributed by atoms with E-state index >= 15 is 0 Å². The summed E-state index contributed by atoms with van der Waals surface area (Å²) in [5.74, 6) is 0. The van der Waals surface area contributed by atoms with Crippen LogP contribution in [-0.2, 0) is 0 Å². The monoisotopic (exact) mass is 207 g/mol. The Kier molecular flexibility index (Phi) is 4.21. The van der Waals surface area contributed by atoms with Crippen molar-refractivity contribution in [1.82, 2.24) is 14.9 Å². The first kappa shape index (κ1) is 12.1. The standard InChI is InChI=1S/C8H12N2.C4H9N/c1-5-6(2)10-8(4)7(3)9-5;1-5-3-2-4-5/h1-4H3;2-4H2,1H3. The molecule has 3 nitrogen and oxygen atoms in total. The highest BCUT2D eigenvalue weighted by atomic mass is 15.1. The third-order valence-corrected chi connectivity index (χ3v) is 2.80. The molecule has 84 valence electrons. The number of likely N-dealkylation sites (tertiary alicyclic amines) is 1. The van der Waals surface area contributed by atoms with Gasteiger partial charge >= 0.3 is 0 Å². The van der Waals surface area contributed by atoms with Gasteiger partial charge in [-0.1, -0.05) is 0 Å². The smallest absolute Gasteiger partial charge is 0.0588 e. The summed E-state index contributed by atoms with van der Waals surface area (Å²) in [5.41, 5.74) is 4.12. The molecule has 1 aromatic rings. The summed E-state index contributed by atoms with van der Waals surface area (Å²) in [7, 11) is 2.14. The Bertz CT molecular complexity index is 280. The van der Waals surface area contributed by atoms with E-state index in [1.807, 2.05) is 27.7 Å². The average molecular weight is 207 g/mol. The van der Waals surface area contributed by atoms with Crippen molar-refractivity contribution in [2.75, 3.05) is 20.1 Å². The molecule has 0 saturated carbocycles. The fourth-order valence-electron chi connectivity index (χ4n) is 1.30. The number of hydrogen-bond donors (Lipinski definition) is 0. The van der Waals surface area contributed by atoms with Gasteiger partial charge in [-0.25, -0.2) is 0 Å². The predicted octanol–water partition coefficient (Wildman–Crippen LogP) is 2.03. The summed E-state index contributed by atoms with van der Waals surface area (Å²) < 4.78 is 0. The summed E-state index contributed by atoms with van der Waals surface area (Å²) in [6, 6.07) is 0. The van der Waals surface area contributed by atoms with E-state index in [4.69, 9.17) is 0 Å². The first-order valence-electron chi connectivity index (χ1n) is 5.47. The molecule has 0 N–H and O–H groups in total. The van der Waals surface area contributed by atoms with Crippen molar-refractivity contribution in [2.45, 2.75) is 34.1 Å². The Morgan fingerprint density at radius 2 is 1.07 bits per heavy atom. The van der Waals surface area contributed by atoms with Crippen LogP contribution in [-0.4, -0.2) is 35.0 Å². The molecule has 0 radical (unpaired) electrons. The molecule has 0 aliphatic carbocycles. The van der Waals surface area contributed by atoms with Gasteiger partial charge in [-0.2, -0.15) is 0 Å². The van der Waals surface area contributed by atoms with Gasteiger partial charge in [-0.05, 0) is 54.3 Å². The molecule has 15 heavy (non-hydrogen) atoms. The second kappa shape index (κ2) is 5.21. The summed E-state index contributed by atoms with van der Waals surface area (Å²) in [6.07, 6.45) is 1.41. The van der Waals surface area contributed by atoms with E-state index in [-0.39, 0.29) is 0 Å². The molecule has 1 aromatic heterocycles. The Balaban J connectivity index is 0.000000187. The van der Waals surface area contributed by atoms with Crippen molar-refractivity contribution in [3.63, 3.8) is 0 Å². The van der Waals surface area contributed by atoms with Crippen molar-refractivity contribution >= 4 is 0 Å². The second-order valence-corrected chi connectivity index (χ2v) is 4.22. The third-order valence-electron chi connectivity index (χ3n) is 2.80. The zero-order chi connectivity index (χ0) is 11.4. The van der Waals surface area contributed by atoms with Crippen molar-refractivity contribution < 1.29 is 0 Å². The fourth-order valence-corrected chi connectivity index (χ4v) is 1.30. The van der Waals surface area contributed by atoms with Gasteiger partial charge in [-0.3, -0.25) is 9.97 Å². The molecule has 0 unspecified atom stereocenters. The topological polar surface area (TPSA) is 29.0 Å². The first-order chi connectivity index (χ1) is 7.00. The second-order valence-electron chi connectivity index (χ2n) is 4.22. The van der Waals surface area contributed by atoms with E-state index in [1.54, 1.807) is 0 Å². The van der Waals surface area contributed by atoms with Gasteiger partial charge in [0.25, 0.3) is 0 Å². The summed E-state index contributed by atoms with van der Waals surface area (Å²) in [6.45, 7) is 10.6. The molecular weight excluding hydrogens is 186 g/mol. The highest BCUT2D eigenvalue weighted by Crippen LogP contribution is 2.04. The van der Waals surface area contributed by atoms with Crippen LogP contribution in [0.15, 0.2) is 0 Å². The minimum absolute atomic E-state index is 1.03. The van der Waals surface area contributed by atoms with Crippen LogP contribution in [0.5, 0.6) is 0 Å². The van der Waals surface area contributed by atoms with Gasteiger partial charge < -0.3 is 4.90 Å². The van der Waals surface area contributed by atoms with E-state index in [0.717, 1.165) is 22.8 Å². The Hall–Kier alpha value is -0.960. The van der Waals surface area contributed by atoms with E-state index in [2.05, 4.69) is 21.9 Å². The maximum Gasteiger partial charge on any atom is 0.0588 e. The maximum absolute atomic E-state index is 4.31. The van der Waals surface area contributed by atoms with Gasteiger partial charge in [-0.15, -0.1) is 0 Å². The van der Waals surface area contributed by atoms with E-state index in [1.165, 1.54) is 19.5 Å². The van der Waals surface area contributed by atoms with E-state index < -0.39 is 0 Å². The molecule has 0 spiro atoms. The molecule has 2 rings (SSSR count). The average Bonchev–Trinajstić information content (AvgIpc) is 2.13. The minimum atomic E-state index is 1.03. The van der Waals surface area contributed by atoms with Crippen molar-refractivity contribution in [3.8, 4) is 0 Å². The SMILES string of the molecule is CN1CCC1.Cc1nc(C)c(C)nc1C. The lowest BCUT2D eigenvalue weighted by atomic mass is 10.3. The molecule has 2 heterocycles. The predicted molar refractivity (Wildman–Crippen MR) is 63.1 cm³/mol. The Morgan fingerprint density at radius 1 is 0.800 bits per heavy atom. The summed E-state index contributed by atoms with van der Waals surface area (Å²) in [5, 5.41) is 0. The Morgan fingerprint density at radius 3 is 1.20 bits per heavy atom. The molecule has 0 amide bonds. The molecular formula is C12H21N3. The fraction of sp³-hybridized carbons (Fsp3) is 0.667. The molecule has 1 aliphatic rings. The van der Waals surface area contributed by atoms with Crippen LogP contribution in [0.25, 0.3) is 0 Å². The van der Waals surface area contributed by atoms with Crippen molar-refractivity contribution in [2.24, 2.45) is 0 Å². The molecule has 1 saturated heterocycles. The van der Waals surface area contributed by atoms with Crippen LogP contribution in [0.1, 0.15) is 29.2 Å². The molecule has 0 atom stereocenters. The van der Waals surface area contributed by atoms with Crippen molar-refractivity contribution in [1.29, 1.82) is 0 Å². The van der Waals surface area contributed by atoms with Crippen LogP contribution >= 0.6 is 0 Å². The zero-order valence-corrected chi connectivity index (χ0v) is 10.5. The highest BCUT2D eigenvalue weighted by Gasteiger charge is 2.04. The van der Waals surface area contributed by atoms with E-state index in [0.29, 0.717) is 0 Å². The van der Waals surface area contributed by atoms with Gasteiger partial charge in [0, 0.05) is 0 Å². The molecule has 1 aliphatic heterocycles.